The zero-order chi connectivity index (χ0) is 14.0. The second-order valence-corrected chi connectivity index (χ2v) is 8.57. The normalized spacial score (nSPS) is 14.8. The van der Waals surface area contributed by atoms with Crippen LogP contribution in [-0.4, -0.2) is 10.4 Å². The first kappa shape index (κ1) is 16.0. The monoisotopic (exact) mass is 287 g/mol. The van der Waals surface area contributed by atoms with E-state index in [0.717, 1.165) is 19.3 Å². The lowest BCUT2D eigenvalue weighted by Crippen LogP contribution is -2.20. The fourth-order valence-corrected chi connectivity index (χ4v) is 2.86. The third kappa shape index (κ3) is 4.89. The third-order valence-electron chi connectivity index (χ3n) is 3.11. The highest BCUT2D eigenvalue weighted by Crippen LogP contribution is 2.29. The Morgan fingerprint density at radius 3 is 2.28 bits per heavy atom. The third-order valence-corrected chi connectivity index (χ3v) is 4.89. The minimum atomic E-state index is 0.162. The Hall–Kier alpha value is -0.0800. The number of hydrogen-bond acceptors (Lipinski definition) is 2. The highest BCUT2D eigenvalue weighted by atomic mass is 35.5. The van der Waals surface area contributed by atoms with Crippen LogP contribution in [0.25, 0.3) is 0 Å². The molecule has 0 bridgehead atoms. The fourth-order valence-electron chi connectivity index (χ4n) is 1.64. The number of hydrogen-bond donors (Lipinski definition) is 0. The molecule has 0 spiro atoms. The average molecular weight is 288 g/mol. The quantitative estimate of drug-likeness (QED) is 0.674. The lowest BCUT2D eigenvalue weighted by molar-refractivity contribution is 0.369. The van der Waals surface area contributed by atoms with Crippen LogP contribution >= 0.6 is 22.9 Å². The average Bonchev–Trinajstić information content (AvgIpc) is 2.64. The first-order valence-corrected chi connectivity index (χ1v) is 8.01. The largest absolute Gasteiger partial charge is 0.246 e. The molecule has 0 saturated heterocycles. The van der Waals surface area contributed by atoms with E-state index in [1.54, 1.807) is 11.3 Å². The molecule has 104 valence electrons. The number of aryl methyl sites for hydroxylation is 1. The number of rotatable bonds is 4. The summed E-state index contributed by atoms with van der Waals surface area (Å²) in [5.41, 5.74) is 1.57. The van der Waals surface area contributed by atoms with Gasteiger partial charge in [-0.25, -0.2) is 4.98 Å². The molecular weight excluding hydrogens is 262 g/mol. The van der Waals surface area contributed by atoms with Crippen molar-refractivity contribution in [1.29, 1.82) is 0 Å². The summed E-state index contributed by atoms with van der Waals surface area (Å²) in [7, 11) is 0. The molecule has 1 heterocycles. The molecule has 1 aromatic rings. The Morgan fingerprint density at radius 2 is 1.83 bits per heavy atom. The standard InChI is InChI=1S/C15H26ClNS/c1-14(2,3)11(16)8-7-9-13-17-12(10-18-13)15(4,5)6/h10-11H,7-9H2,1-6H3. The predicted molar refractivity (Wildman–Crippen MR) is 82.8 cm³/mol. The van der Waals surface area contributed by atoms with Gasteiger partial charge in [-0.3, -0.25) is 0 Å². The van der Waals surface area contributed by atoms with E-state index >= 15 is 0 Å². The van der Waals surface area contributed by atoms with Gasteiger partial charge in [0.2, 0.25) is 0 Å². The zero-order valence-electron chi connectivity index (χ0n) is 12.5. The van der Waals surface area contributed by atoms with Crippen LogP contribution in [-0.2, 0) is 11.8 Å². The molecule has 0 saturated carbocycles. The van der Waals surface area contributed by atoms with E-state index in [2.05, 4.69) is 46.9 Å². The Morgan fingerprint density at radius 1 is 1.22 bits per heavy atom. The van der Waals surface area contributed by atoms with Crippen molar-refractivity contribution >= 4 is 22.9 Å². The molecular formula is C15H26ClNS. The lowest BCUT2D eigenvalue weighted by Gasteiger charge is -2.24. The second kappa shape index (κ2) is 5.92. The molecule has 0 radical (unpaired) electrons. The second-order valence-electron chi connectivity index (χ2n) is 7.10. The molecule has 1 atom stereocenters. The number of thiazole rings is 1. The molecule has 0 amide bonds. The summed E-state index contributed by atoms with van der Waals surface area (Å²) in [6, 6.07) is 0. The van der Waals surface area contributed by atoms with Gasteiger partial charge in [0, 0.05) is 16.2 Å². The SMILES string of the molecule is CC(C)(C)c1csc(CCCC(Cl)C(C)(C)C)n1. The molecule has 1 aromatic heterocycles. The Kier molecular flexibility index (Phi) is 5.25. The van der Waals surface area contributed by atoms with E-state index in [1.807, 2.05) is 0 Å². The first-order chi connectivity index (χ1) is 8.10. The van der Waals surface area contributed by atoms with E-state index in [-0.39, 0.29) is 16.2 Å². The first-order valence-electron chi connectivity index (χ1n) is 6.69. The summed E-state index contributed by atoms with van der Waals surface area (Å²) < 4.78 is 0. The van der Waals surface area contributed by atoms with E-state index in [0.29, 0.717) is 0 Å². The number of halogens is 1. The smallest absolute Gasteiger partial charge is 0.0928 e. The molecule has 3 heteroatoms. The lowest BCUT2D eigenvalue weighted by atomic mass is 9.89. The van der Waals surface area contributed by atoms with Gasteiger partial charge in [-0.2, -0.15) is 0 Å². The summed E-state index contributed by atoms with van der Waals surface area (Å²) in [6.45, 7) is 13.2. The van der Waals surface area contributed by atoms with Crippen molar-refractivity contribution in [3.63, 3.8) is 0 Å². The Bertz CT molecular complexity index is 371. The van der Waals surface area contributed by atoms with Gasteiger partial charge >= 0.3 is 0 Å². The molecule has 1 rings (SSSR count). The van der Waals surface area contributed by atoms with E-state index in [1.165, 1.54) is 10.7 Å². The highest BCUT2D eigenvalue weighted by Gasteiger charge is 2.22. The molecule has 0 aromatic carbocycles. The molecule has 0 fully saturated rings. The van der Waals surface area contributed by atoms with Crippen molar-refractivity contribution in [3.05, 3.63) is 16.1 Å². The van der Waals surface area contributed by atoms with Gasteiger partial charge in [-0.15, -0.1) is 22.9 Å². The summed E-state index contributed by atoms with van der Waals surface area (Å²) >= 11 is 8.17. The molecule has 0 aliphatic carbocycles. The minimum Gasteiger partial charge on any atom is -0.246 e. The van der Waals surface area contributed by atoms with Crippen molar-refractivity contribution in [2.75, 3.05) is 0 Å². The van der Waals surface area contributed by atoms with Crippen LogP contribution in [0.3, 0.4) is 0 Å². The van der Waals surface area contributed by atoms with E-state index in [9.17, 15) is 0 Å². The predicted octanol–water partition coefficient (Wildman–Crippen LogP) is 5.42. The van der Waals surface area contributed by atoms with Gasteiger partial charge in [0.15, 0.2) is 0 Å². The van der Waals surface area contributed by atoms with Gasteiger partial charge in [-0.1, -0.05) is 41.5 Å². The van der Waals surface area contributed by atoms with Crippen LogP contribution in [0.2, 0.25) is 0 Å². The van der Waals surface area contributed by atoms with Gasteiger partial charge in [0.1, 0.15) is 0 Å². The minimum absolute atomic E-state index is 0.162. The van der Waals surface area contributed by atoms with E-state index < -0.39 is 0 Å². The van der Waals surface area contributed by atoms with Crippen LogP contribution in [0.1, 0.15) is 65.1 Å². The molecule has 18 heavy (non-hydrogen) atoms. The van der Waals surface area contributed by atoms with Gasteiger partial charge in [-0.05, 0) is 24.7 Å². The Balaban J connectivity index is 2.43. The molecule has 0 aliphatic heterocycles. The van der Waals surface area contributed by atoms with Crippen LogP contribution < -0.4 is 0 Å². The number of aromatic nitrogens is 1. The topological polar surface area (TPSA) is 12.9 Å². The van der Waals surface area contributed by atoms with Crippen molar-refractivity contribution in [1.82, 2.24) is 4.98 Å². The summed E-state index contributed by atoms with van der Waals surface area (Å²) in [5.74, 6) is 0. The molecule has 1 nitrogen and oxygen atoms in total. The summed E-state index contributed by atoms with van der Waals surface area (Å²) in [5, 5.41) is 3.69. The highest BCUT2D eigenvalue weighted by molar-refractivity contribution is 7.09. The maximum Gasteiger partial charge on any atom is 0.0928 e. The fraction of sp³-hybridized carbons (Fsp3) is 0.800. The number of alkyl halides is 1. The van der Waals surface area contributed by atoms with Crippen LogP contribution in [0, 0.1) is 5.41 Å². The van der Waals surface area contributed by atoms with Gasteiger partial charge in [0.25, 0.3) is 0 Å². The van der Waals surface area contributed by atoms with Crippen molar-refractivity contribution in [2.45, 2.75) is 71.6 Å². The van der Waals surface area contributed by atoms with Crippen LogP contribution in [0.4, 0.5) is 0 Å². The molecule has 0 N–H and O–H groups in total. The Labute approximate surface area is 121 Å². The van der Waals surface area contributed by atoms with Gasteiger partial charge < -0.3 is 0 Å². The maximum atomic E-state index is 6.38. The van der Waals surface area contributed by atoms with Crippen molar-refractivity contribution in [2.24, 2.45) is 5.41 Å². The molecule has 0 aliphatic rings. The zero-order valence-corrected chi connectivity index (χ0v) is 14.1. The van der Waals surface area contributed by atoms with Gasteiger partial charge in [0.05, 0.1) is 10.7 Å². The summed E-state index contributed by atoms with van der Waals surface area (Å²) in [6.07, 6.45) is 3.25. The van der Waals surface area contributed by atoms with E-state index in [4.69, 9.17) is 16.6 Å². The van der Waals surface area contributed by atoms with Crippen molar-refractivity contribution < 1.29 is 0 Å². The maximum absolute atomic E-state index is 6.38. The van der Waals surface area contributed by atoms with Crippen LogP contribution in [0.15, 0.2) is 5.38 Å². The van der Waals surface area contributed by atoms with Crippen LogP contribution in [0.5, 0.6) is 0 Å². The number of nitrogens with zero attached hydrogens (tertiary/aromatic N) is 1. The molecule has 1 unspecified atom stereocenters. The van der Waals surface area contributed by atoms with Crippen molar-refractivity contribution in [3.8, 4) is 0 Å². The summed E-state index contributed by atoms with van der Waals surface area (Å²) in [4.78, 5) is 4.72.